The molecule has 0 aromatic heterocycles. The Kier molecular flexibility index (Phi) is 7.19. The van der Waals surface area contributed by atoms with Gasteiger partial charge in [0.1, 0.15) is 11.6 Å². The molecule has 1 aliphatic rings. The van der Waals surface area contributed by atoms with E-state index in [2.05, 4.69) is 10.5 Å². The zero-order valence-electron chi connectivity index (χ0n) is 18.4. The van der Waals surface area contributed by atoms with Crippen LogP contribution < -0.4 is 10.1 Å². The van der Waals surface area contributed by atoms with Crippen molar-refractivity contribution in [1.29, 1.82) is 0 Å². The van der Waals surface area contributed by atoms with Gasteiger partial charge in [0.05, 0.1) is 19.4 Å². The summed E-state index contributed by atoms with van der Waals surface area (Å²) in [7, 11) is 1.62. The molecule has 0 saturated heterocycles. The topological polar surface area (TPSA) is 63.2 Å². The highest BCUT2D eigenvalue weighted by atomic mass is 19.1. The van der Waals surface area contributed by atoms with Gasteiger partial charge in [0.2, 0.25) is 0 Å². The smallest absolute Gasteiger partial charge is 0.318 e. The zero-order chi connectivity index (χ0) is 23.0. The molecule has 0 spiro atoms. The molecule has 1 heterocycles. The first-order chi connectivity index (χ1) is 16.1. The third-order valence-corrected chi connectivity index (χ3v) is 5.44. The van der Waals surface area contributed by atoms with Crippen LogP contribution in [0.3, 0.4) is 0 Å². The lowest BCUT2D eigenvalue weighted by atomic mass is 10.0. The van der Waals surface area contributed by atoms with Crippen molar-refractivity contribution in [2.24, 2.45) is 5.16 Å². The molecular formula is C26H26FN3O3. The highest BCUT2D eigenvalue weighted by molar-refractivity contribution is 6.03. The minimum atomic E-state index is -0.312. The van der Waals surface area contributed by atoms with E-state index in [0.29, 0.717) is 26.1 Å². The average Bonchev–Trinajstić information content (AvgIpc) is 3.32. The van der Waals surface area contributed by atoms with Gasteiger partial charge >= 0.3 is 6.03 Å². The van der Waals surface area contributed by atoms with E-state index in [0.717, 1.165) is 28.2 Å². The van der Waals surface area contributed by atoms with Crippen LogP contribution in [0.1, 0.15) is 23.1 Å². The van der Waals surface area contributed by atoms with E-state index in [1.165, 1.54) is 12.1 Å². The van der Waals surface area contributed by atoms with Crippen LogP contribution in [0.2, 0.25) is 0 Å². The zero-order valence-corrected chi connectivity index (χ0v) is 18.4. The molecule has 0 bridgehead atoms. The second-order valence-corrected chi connectivity index (χ2v) is 7.82. The molecule has 6 nitrogen and oxygen atoms in total. The van der Waals surface area contributed by atoms with Crippen molar-refractivity contribution >= 4 is 11.7 Å². The first-order valence-electron chi connectivity index (χ1n) is 10.8. The molecular weight excluding hydrogens is 421 g/mol. The Morgan fingerprint density at radius 2 is 1.79 bits per heavy atom. The number of hydrogen-bond donors (Lipinski definition) is 1. The Morgan fingerprint density at radius 3 is 2.55 bits per heavy atom. The van der Waals surface area contributed by atoms with Crippen molar-refractivity contribution in [3.63, 3.8) is 0 Å². The number of nitrogens with zero attached hydrogens (tertiary/aromatic N) is 2. The predicted octanol–water partition coefficient (Wildman–Crippen LogP) is 4.74. The Bertz CT molecular complexity index is 1100. The number of benzene rings is 3. The molecule has 1 aliphatic heterocycles. The maximum atomic E-state index is 13.3. The lowest BCUT2D eigenvalue weighted by Crippen LogP contribution is -2.43. The number of carbonyl (C=O) groups excluding carboxylic acids is 1. The summed E-state index contributed by atoms with van der Waals surface area (Å²) in [6.07, 6.45) is 0.250. The summed E-state index contributed by atoms with van der Waals surface area (Å²) in [4.78, 5) is 20.4. The van der Waals surface area contributed by atoms with Gasteiger partial charge < -0.3 is 19.8 Å². The molecule has 33 heavy (non-hydrogen) atoms. The summed E-state index contributed by atoms with van der Waals surface area (Å²) in [5.74, 6) is 0.414. The van der Waals surface area contributed by atoms with E-state index in [4.69, 9.17) is 9.57 Å². The largest absolute Gasteiger partial charge is 0.496 e. The minimum absolute atomic E-state index is 0.225. The fraction of sp³-hybridized carbons (Fsp3) is 0.231. The number of ether oxygens (including phenoxy) is 1. The number of nitrogens with one attached hydrogen (secondary N) is 1. The van der Waals surface area contributed by atoms with Crippen molar-refractivity contribution in [3.05, 3.63) is 101 Å². The SMILES string of the molecule is COc1ccccc1C1=NO[C@@H](CN(Cc2ccc(F)cc2)C(=O)NCc2ccccc2)C1. The van der Waals surface area contributed by atoms with E-state index in [1.54, 1.807) is 24.1 Å². The Labute approximate surface area is 192 Å². The van der Waals surface area contributed by atoms with Gasteiger partial charge in [-0.15, -0.1) is 0 Å². The van der Waals surface area contributed by atoms with Crippen LogP contribution in [0.25, 0.3) is 0 Å². The molecule has 1 atom stereocenters. The number of hydrogen-bond acceptors (Lipinski definition) is 4. The number of para-hydroxylation sites is 1. The van der Waals surface area contributed by atoms with Gasteiger partial charge in [-0.25, -0.2) is 9.18 Å². The molecule has 7 heteroatoms. The standard InChI is InChI=1S/C26H26FN3O3/c1-32-25-10-6-5-9-23(25)24-15-22(33-29-24)18-30(17-20-11-13-21(27)14-12-20)26(31)28-16-19-7-3-2-4-8-19/h2-14,22H,15-18H2,1H3,(H,28,31)/t22-/m1/s1. The Hall–Kier alpha value is -3.87. The number of amides is 2. The van der Waals surface area contributed by atoms with Gasteiger partial charge in [-0.1, -0.05) is 59.8 Å². The van der Waals surface area contributed by atoms with E-state index < -0.39 is 0 Å². The summed E-state index contributed by atoms with van der Waals surface area (Å²) in [6.45, 7) is 1.07. The van der Waals surface area contributed by atoms with Crippen molar-refractivity contribution in [2.45, 2.75) is 25.6 Å². The fourth-order valence-electron chi connectivity index (χ4n) is 3.73. The normalized spacial score (nSPS) is 14.8. The summed E-state index contributed by atoms with van der Waals surface area (Å²) >= 11 is 0. The highest BCUT2D eigenvalue weighted by Crippen LogP contribution is 2.25. The Balaban J connectivity index is 1.44. The molecule has 0 saturated carbocycles. The van der Waals surface area contributed by atoms with Crippen molar-refractivity contribution < 1.29 is 18.8 Å². The first kappa shape index (κ1) is 22.3. The lowest BCUT2D eigenvalue weighted by molar-refractivity contribution is 0.0589. The van der Waals surface area contributed by atoms with Crippen LogP contribution in [0.5, 0.6) is 5.75 Å². The fourth-order valence-corrected chi connectivity index (χ4v) is 3.73. The third-order valence-electron chi connectivity index (χ3n) is 5.44. The Morgan fingerprint density at radius 1 is 1.06 bits per heavy atom. The average molecular weight is 448 g/mol. The van der Waals surface area contributed by atoms with Gasteiger partial charge in [-0.2, -0.15) is 0 Å². The summed E-state index contributed by atoms with van der Waals surface area (Å²) in [5.41, 5.74) is 3.49. The molecule has 3 aromatic carbocycles. The lowest BCUT2D eigenvalue weighted by Gasteiger charge is -2.25. The third kappa shape index (κ3) is 5.88. The number of carbonyl (C=O) groups is 1. The van der Waals surface area contributed by atoms with Crippen LogP contribution in [0.4, 0.5) is 9.18 Å². The van der Waals surface area contributed by atoms with Gasteiger partial charge in [0.15, 0.2) is 6.10 Å². The quantitative estimate of drug-likeness (QED) is 0.543. The van der Waals surface area contributed by atoms with Gasteiger partial charge in [0.25, 0.3) is 0 Å². The summed E-state index contributed by atoms with van der Waals surface area (Å²) in [5, 5.41) is 7.22. The molecule has 0 unspecified atom stereocenters. The van der Waals surface area contributed by atoms with Crippen LogP contribution in [0, 0.1) is 5.82 Å². The van der Waals surface area contributed by atoms with E-state index in [9.17, 15) is 9.18 Å². The molecule has 0 radical (unpaired) electrons. The second kappa shape index (κ2) is 10.6. The van der Waals surface area contributed by atoms with E-state index in [-0.39, 0.29) is 18.0 Å². The first-order valence-corrected chi connectivity index (χ1v) is 10.8. The van der Waals surface area contributed by atoms with Crippen molar-refractivity contribution in [2.75, 3.05) is 13.7 Å². The highest BCUT2D eigenvalue weighted by Gasteiger charge is 2.28. The predicted molar refractivity (Wildman–Crippen MR) is 125 cm³/mol. The molecule has 170 valence electrons. The molecule has 0 fully saturated rings. The van der Waals surface area contributed by atoms with Gasteiger partial charge in [-0.3, -0.25) is 0 Å². The maximum absolute atomic E-state index is 13.3. The van der Waals surface area contributed by atoms with E-state index in [1.807, 2.05) is 54.6 Å². The minimum Gasteiger partial charge on any atom is -0.496 e. The van der Waals surface area contributed by atoms with Crippen LogP contribution in [-0.4, -0.2) is 36.4 Å². The molecule has 2 amide bonds. The van der Waals surface area contributed by atoms with Crippen molar-refractivity contribution in [3.8, 4) is 5.75 Å². The number of oxime groups is 1. The second-order valence-electron chi connectivity index (χ2n) is 7.82. The number of halogens is 1. The van der Waals surface area contributed by atoms with Gasteiger partial charge in [0, 0.05) is 25.1 Å². The molecule has 0 aliphatic carbocycles. The summed E-state index contributed by atoms with van der Waals surface area (Å²) in [6, 6.07) is 23.3. The summed E-state index contributed by atoms with van der Waals surface area (Å²) < 4.78 is 18.8. The molecule has 1 N–H and O–H groups in total. The molecule has 3 aromatic rings. The van der Waals surface area contributed by atoms with Crippen LogP contribution in [-0.2, 0) is 17.9 Å². The monoisotopic (exact) mass is 447 g/mol. The van der Waals surface area contributed by atoms with E-state index >= 15 is 0 Å². The number of methoxy groups -OCH3 is 1. The van der Waals surface area contributed by atoms with Crippen molar-refractivity contribution in [1.82, 2.24) is 10.2 Å². The maximum Gasteiger partial charge on any atom is 0.318 e. The van der Waals surface area contributed by atoms with Crippen LogP contribution >= 0.6 is 0 Å². The number of rotatable bonds is 8. The molecule has 4 rings (SSSR count). The van der Waals surface area contributed by atoms with Crippen LogP contribution in [0.15, 0.2) is 84.0 Å². The van der Waals surface area contributed by atoms with Gasteiger partial charge in [-0.05, 0) is 35.4 Å². The number of urea groups is 1.